The van der Waals surface area contributed by atoms with Crippen molar-refractivity contribution in [3.05, 3.63) is 11.3 Å². The lowest BCUT2D eigenvalue weighted by molar-refractivity contribution is -0.139. The molecule has 2 aliphatic heterocycles. The monoisotopic (exact) mass is 373 g/mol. The number of ether oxygens (including phenoxy) is 1. The van der Waals surface area contributed by atoms with Gasteiger partial charge in [-0.3, -0.25) is 4.90 Å². The zero-order chi connectivity index (χ0) is 18.6. The molecule has 0 aromatic carbocycles. The minimum atomic E-state index is -3.01. The molecule has 8 nitrogen and oxygen atoms in total. The van der Waals surface area contributed by atoms with Crippen molar-refractivity contribution in [3.8, 4) is 0 Å². The minimum absolute atomic E-state index is 0.0945. The van der Waals surface area contributed by atoms with Crippen molar-refractivity contribution in [1.29, 1.82) is 0 Å². The van der Waals surface area contributed by atoms with Gasteiger partial charge in [0.25, 0.3) is 0 Å². The van der Waals surface area contributed by atoms with E-state index in [-0.39, 0.29) is 30.2 Å². The van der Waals surface area contributed by atoms with E-state index in [1.165, 1.54) is 0 Å². The van der Waals surface area contributed by atoms with Crippen LogP contribution >= 0.6 is 0 Å². The largest absolute Gasteiger partial charge is 0.463 e. The summed E-state index contributed by atoms with van der Waals surface area (Å²) in [5.41, 5.74) is 0.885. The van der Waals surface area contributed by atoms with Gasteiger partial charge in [-0.2, -0.15) is 0 Å². The van der Waals surface area contributed by atoms with Crippen LogP contribution in [0.2, 0.25) is 0 Å². The Hall–Kier alpha value is -1.61. The highest BCUT2D eigenvalue weighted by Gasteiger charge is 2.35. The Bertz CT molecular complexity index is 659. The fraction of sp³-hybridized carbons (Fsp3) is 0.750. The summed E-state index contributed by atoms with van der Waals surface area (Å²) in [5, 5.41) is 5.37. The second kappa shape index (κ2) is 8.18. The lowest BCUT2D eigenvalue weighted by Gasteiger charge is -2.33. The molecule has 2 N–H and O–H groups in total. The van der Waals surface area contributed by atoms with Crippen molar-refractivity contribution in [1.82, 2.24) is 15.5 Å². The molecule has 2 unspecified atom stereocenters. The molecule has 1 saturated heterocycles. The van der Waals surface area contributed by atoms with Crippen LogP contribution < -0.4 is 10.6 Å². The van der Waals surface area contributed by atoms with Gasteiger partial charge in [-0.25, -0.2) is 18.0 Å². The molecular formula is C16H27N3O5S. The van der Waals surface area contributed by atoms with Gasteiger partial charge >= 0.3 is 12.0 Å². The quantitative estimate of drug-likeness (QED) is 0.626. The first-order valence-corrected chi connectivity index (χ1v) is 10.5. The molecule has 0 radical (unpaired) electrons. The number of carbonyl (C=O) groups excluding carboxylic acids is 2. The molecule has 2 atom stereocenters. The van der Waals surface area contributed by atoms with Gasteiger partial charge < -0.3 is 15.4 Å². The van der Waals surface area contributed by atoms with Crippen LogP contribution in [0.5, 0.6) is 0 Å². The zero-order valence-corrected chi connectivity index (χ0v) is 15.8. The van der Waals surface area contributed by atoms with Gasteiger partial charge in [0.05, 0.1) is 29.7 Å². The van der Waals surface area contributed by atoms with Gasteiger partial charge in [0, 0.05) is 18.3 Å². The fourth-order valence-corrected chi connectivity index (χ4v) is 5.11. The number of nitrogens with zero attached hydrogens (tertiary/aromatic N) is 1. The van der Waals surface area contributed by atoms with Crippen molar-refractivity contribution in [3.63, 3.8) is 0 Å². The number of nitrogens with one attached hydrogen (secondary N) is 2. The number of esters is 1. The SMILES string of the molecule is CCCN(CC1=C(C(=O)OCC)C(C)NC(=O)N1)C1CCS(=O)(=O)C1. The number of urea groups is 1. The summed E-state index contributed by atoms with van der Waals surface area (Å²) in [6.07, 6.45) is 1.42. The van der Waals surface area contributed by atoms with E-state index in [1.54, 1.807) is 13.8 Å². The molecule has 2 heterocycles. The Labute approximate surface area is 148 Å². The molecule has 9 heteroatoms. The topological polar surface area (TPSA) is 105 Å². The van der Waals surface area contributed by atoms with E-state index in [9.17, 15) is 18.0 Å². The van der Waals surface area contributed by atoms with Crippen LogP contribution in [0, 0.1) is 0 Å². The summed E-state index contributed by atoms with van der Waals surface area (Å²) < 4.78 is 28.7. The van der Waals surface area contributed by atoms with E-state index >= 15 is 0 Å². The predicted octanol–water partition coefficient (Wildman–Crippen LogP) is 0.404. The van der Waals surface area contributed by atoms with Crippen LogP contribution in [-0.4, -0.2) is 68.6 Å². The lowest BCUT2D eigenvalue weighted by atomic mass is 10.0. The Morgan fingerprint density at radius 1 is 1.36 bits per heavy atom. The van der Waals surface area contributed by atoms with E-state index in [2.05, 4.69) is 10.6 Å². The summed E-state index contributed by atoms with van der Waals surface area (Å²) in [6, 6.07) is -0.924. The number of carbonyl (C=O) groups is 2. The van der Waals surface area contributed by atoms with Crippen molar-refractivity contribution in [2.75, 3.05) is 31.2 Å². The zero-order valence-electron chi connectivity index (χ0n) is 15.0. The molecule has 1 fully saturated rings. The first-order valence-electron chi connectivity index (χ1n) is 8.69. The fourth-order valence-electron chi connectivity index (χ4n) is 3.35. The van der Waals surface area contributed by atoms with Crippen molar-refractivity contribution >= 4 is 21.8 Å². The van der Waals surface area contributed by atoms with Crippen molar-refractivity contribution in [2.24, 2.45) is 0 Å². The number of hydrogen-bond donors (Lipinski definition) is 2. The third-order valence-corrected chi connectivity index (χ3v) is 6.21. The molecule has 142 valence electrons. The average Bonchev–Trinajstić information content (AvgIpc) is 2.86. The van der Waals surface area contributed by atoms with E-state index in [4.69, 9.17) is 4.74 Å². The predicted molar refractivity (Wildman–Crippen MR) is 93.7 cm³/mol. The normalized spacial score (nSPS) is 25.7. The highest BCUT2D eigenvalue weighted by molar-refractivity contribution is 7.91. The first kappa shape index (κ1) is 19.7. The first-order chi connectivity index (χ1) is 11.8. The Morgan fingerprint density at radius 3 is 2.64 bits per heavy atom. The summed E-state index contributed by atoms with van der Waals surface area (Å²) in [5.74, 6) is -0.157. The molecule has 0 aromatic rings. The maximum Gasteiger partial charge on any atom is 0.337 e. The van der Waals surface area contributed by atoms with Crippen LogP contribution in [0.4, 0.5) is 4.79 Å². The highest BCUT2D eigenvalue weighted by atomic mass is 32.2. The maximum atomic E-state index is 12.3. The number of hydrogen-bond acceptors (Lipinski definition) is 6. The molecule has 2 aliphatic rings. The van der Waals surface area contributed by atoms with Crippen molar-refractivity contribution < 1.29 is 22.7 Å². The van der Waals surface area contributed by atoms with Crippen LogP contribution in [0.1, 0.15) is 33.6 Å². The summed E-state index contributed by atoms with van der Waals surface area (Å²) in [6.45, 7) is 6.73. The number of amides is 2. The van der Waals surface area contributed by atoms with Gasteiger partial charge in [0.1, 0.15) is 0 Å². The van der Waals surface area contributed by atoms with Gasteiger partial charge in [-0.1, -0.05) is 6.92 Å². The van der Waals surface area contributed by atoms with E-state index in [1.807, 2.05) is 11.8 Å². The van der Waals surface area contributed by atoms with Gasteiger partial charge in [0.2, 0.25) is 0 Å². The molecular weight excluding hydrogens is 346 g/mol. The van der Waals surface area contributed by atoms with Crippen molar-refractivity contribution in [2.45, 2.75) is 45.7 Å². The average molecular weight is 373 g/mol. The number of sulfone groups is 1. The van der Waals surface area contributed by atoms with Crippen LogP contribution in [0.3, 0.4) is 0 Å². The minimum Gasteiger partial charge on any atom is -0.463 e. The van der Waals surface area contributed by atoms with Gasteiger partial charge in [-0.15, -0.1) is 0 Å². The second-order valence-corrected chi connectivity index (χ2v) is 8.69. The third-order valence-electron chi connectivity index (χ3n) is 4.46. The summed E-state index contributed by atoms with van der Waals surface area (Å²) in [4.78, 5) is 26.2. The van der Waals surface area contributed by atoms with Gasteiger partial charge in [-0.05, 0) is 33.2 Å². The van der Waals surface area contributed by atoms with Gasteiger partial charge in [0.15, 0.2) is 9.84 Å². The maximum absolute atomic E-state index is 12.3. The van der Waals surface area contributed by atoms with E-state index < -0.39 is 21.8 Å². The second-order valence-electron chi connectivity index (χ2n) is 6.46. The Balaban J connectivity index is 2.27. The molecule has 0 spiro atoms. The molecule has 0 bridgehead atoms. The smallest absolute Gasteiger partial charge is 0.337 e. The molecule has 2 rings (SSSR count). The molecule has 0 aromatic heterocycles. The molecule has 25 heavy (non-hydrogen) atoms. The standard InChI is InChI=1S/C16H27N3O5S/c1-4-7-19(12-6-8-25(22,23)10-12)9-13-14(15(20)24-5-2)11(3)17-16(21)18-13/h11-12H,4-10H2,1-3H3,(H2,17,18,21). The third kappa shape index (κ3) is 4.94. The van der Waals surface area contributed by atoms with Crippen LogP contribution in [0.25, 0.3) is 0 Å². The highest BCUT2D eigenvalue weighted by Crippen LogP contribution is 2.21. The molecule has 0 saturated carbocycles. The van der Waals surface area contributed by atoms with E-state index in [0.717, 1.165) is 6.42 Å². The van der Waals surface area contributed by atoms with E-state index in [0.29, 0.717) is 30.8 Å². The van der Waals surface area contributed by atoms with Crippen LogP contribution in [0.15, 0.2) is 11.3 Å². The Kier molecular flexibility index (Phi) is 6.45. The summed E-state index contributed by atoms with van der Waals surface area (Å²) in [7, 11) is -3.01. The Morgan fingerprint density at radius 2 is 2.08 bits per heavy atom. The van der Waals surface area contributed by atoms with Crippen LogP contribution in [-0.2, 0) is 19.4 Å². The summed E-state index contributed by atoms with van der Waals surface area (Å²) >= 11 is 0. The number of rotatable bonds is 7. The molecule has 2 amide bonds. The lowest BCUT2D eigenvalue weighted by Crippen LogP contribution is -2.52. The molecule has 0 aliphatic carbocycles.